The van der Waals surface area contributed by atoms with Gasteiger partial charge in [-0.15, -0.1) is 0 Å². The molecule has 1 aromatic heterocycles. The molecule has 0 aliphatic heterocycles. The minimum Gasteiger partial charge on any atom is -0.461 e. The summed E-state index contributed by atoms with van der Waals surface area (Å²) in [6.07, 6.45) is 29.4. The minimum absolute atomic E-state index is 0.0647. The summed E-state index contributed by atoms with van der Waals surface area (Å²) < 4.78 is 12.6. The van der Waals surface area contributed by atoms with Crippen molar-refractivity contribution < 1.29 is 23.6 Å². The van der Waals surface area contributed by atoms with Crippen LogP contribution < -0.4 is 9.88 Å². The molecule has 6 nitrogen and oxygen atoms in total. The van der Waals surface area contributed by atoms with Crippen LogP contribution in [-0.4, -0.2) is 31.8 Å². The number of nitrogens with zero attached hydrogens (tertiary/aromatic N) is 1. The van der Waals surface area contributed by atoms with Gasteiger partial charge >= 0.3 is 12.1 Å². The second kappa shape index (κ2) is 27.8. The van der Waals surface area contributed by atoms with E-state index < -0.39 is 6.09 Å². The Hall–Kier alpha value is -2.37. The molecular weight excluding hydrogens is 512 g/mol. The molecule has 0 aliphatic carbocycles. The first kappa shape index (κ1) is 36.7. The molecule has 0 atom stereocenters. The van der Waals surface area contributed by atoms with Gasteiger partial charge in [-0.3, -0.25) is 4.79 Å². The van der Waals surface area contributed by atoms with E-state index in [1.165, 1.54) is 89.9 Å². The van der Waals surface area contributed by atoms with Gasteiger partial charge in [0.25, 0.3) is 0 Å². The topological polar surface area (TPSA) is 68.5 Å². The number of hydrogen-bond acceptors (Lipinski definition) is 4. The maximum atomic E-state index is 11.9. The van der Waals surface area contributed by atoms with Crippen molar-refractivity contribution in [2.24, 2.45) is 0 Å². The largest absolute Gasteiger partial charge is 0.461 e. The Morgan fingerprint density at radius 1 is 0.634 bits per heavy atom. The third kappa shape index (κ3) is 25.1. The highest BCUT2D eigenvalue weighted by atomic mass is 16.6. The molecule has 0 radical (unpaired) electrons. The van der Waals surface area contributed by atoms with E-state index in [1.807, 2.05) is 18.2 Å². The quantitative estimate of drug-likeness (QED) is 0.0470. The van der Waals surface area contributed by atoms with Crippen LogP contribution in [0.25, 0.3) is 0 Å². The molecule has 1 aromatic rings. The number of alkyl carbamates (subject to hydrolysis) is 1. The van der Waals surface area contributed by atoms with Crippen molar-refractivity contribution in [2.45, 2.75) is 148 Å². The first-order valence-corrected chi connectivity index (χ1v) is 16.8. The van der Waals surface area contributed by atoms with E-state index in [0.717, 1.165) is 45.1 Å². The summed E-state index contributed by atoms with van der Waals surface area (Å²) >= 11 is 0. The number of hydrogen-bond donors (Lipinski definition) is 1. The Labute approximate surface area is 251 Å². The lowest BCUT2D eigenvalue weighted by Crippen LogP contribution is -2.32. The monoisotopic (exact) mass is 573 g/mol. The van der Waals surface area contributed by atoms with Gasteiger partial charge in [0.2, 0.25) is 0 Å². The highest BCUT2D eigenvalue weighted by Gasteiger charge is 2.07. The molecule has 41 heavy (non-hydrogen) atoms. The van der Waals surface area contributed by atoms with E-state index in [1.54, 1.807) is 0 Å². The van der Waals surface area contributed by atoms with E-state index in [2.05, 4.69) is 35.8 Å². The molecular formula is C35H61N2O4+. The molecule has 0 fully saturated rings. The summed E-state index contributed by atoms with van der Waals surface area (Å²) in [5.41, 5.74) is 0.579. The zero-order valence-corrected chi connectivity index (χ0v) is 26.4. The number of aromatic nitrogens is 1. The van der Waals surface area contributed by atoms with Crippen molar-refractivity contribution in [3.8, 4) is 0 Å². The number of ether oxygens (including phenoxy) is 2. The maximum Gasteiger partial charge on any atom is 0.407 e. The molecule has 1 N–H and O–H groups in total. The molecule has 0 spiro atoms. The SMILES string of the molecule is C=C(COC(=O)CCCCCC[n+]1ccccc1)COC(=O)NCCCCCCCCCCCCCCCCCC. The number of pyridine rings is 1. The number of carbonyl (C=O) groups excluding carboxylic acids is 2. The van der Waals surface area contributed by atoms with Gasteiger partial charge in [0.1, 0.15) is 19.8 Å². The molecule has 0 bridgehead atoms. The summed E-state index contributed by atoms with van der Waals surface area (Å²) in [6, 6.07) is 6.08. The van der Waals surface area contributed by atoms with E-state index in [-0.39, 0.29) is 19.2 Å². The molecule has 0 saturated heterocycles. The molecule has 1 amide bonds. The van der Waals surface area contributed by atoms with Gasteiger partial charge in [-0.2, -0.15) is 0 Å². The molecule has 0 unspecified atom stereocenters. The maximum absolute atomic E-state index is 11.9. The first-order chi connectivity index (χ1) is 20.1. The second-order valence-electron chi connectivity index (χ2n) is 11.5. The third-order valence-corrected chi connectivity index (χ3v) is 7.47. The summed E-state index contributed by atoms with van der Waals surface area (Å²) in [4.78, 5) is 23.8. The number of carbonyl (C=O) groups is 2. The molecule has 234 valence electrons. The molecule has 0 aliphatic rings. The number of esters is 1. The van der Waals surface area contributed by atoms with E-state index in [0.29, 0.717) is 18.5 Å². The Kier molecular flexibility index (Phi) is 24.8. The van der Waals surface area contributed by atoms with Crippen molar-refractivity contribution in [3.05, 3.63) is 42.7 Å². The number of rotatable bonds is 28. The van der Waals surface area contributed by atoms with Crippen LogP contribution in [0.2, 0.25) is 0 Å². The van der Waals surface area contributed by atoms with Crippen LogP contribution in [0.5, 0.6) is 0 Å². The number of nitrogens with one attached hydrogen (secondary N) is 1. The average Bonchev–Trinajstić information content (AvgIpc) is 2.98. The Morgan fingerprint density at radius 2 is 1.12 bits per heavy atom. The van der Waals surface area contributed by atoms with Gasteiger partial charge in [0, 0.05) is 31.5 Å². The van der Waals surface area contributed by atoms with Crippen molar-refractivity contribution in [1.82, 2.24) is 5.32 Å². The highest BCUT2D eigenvalue weighted by molar-refractivity contribution is 5.69. The predicted octanol–water partition coefficient (Wildman–Crippen LogP) is 9.01. The number of amides is 1. The molecule has 0 saturated carbocycles. The fraction of sp³-hybridized carbons (Fsp3) is 0.743. The Balaban J connectivity index is 1.81. The summed E-state index contributed by atoms with van der Waals surface area (Å²) in [5, 5.41) is 2.80. The van der Waals surface area contributed by atoms with Crippen LogP contribution >= 0.6 is 0 Å². The smallest absolute Gasteiger partial charge is 0.407 e. The van der Waals surface area contributed by atoms with E-state index in [9.17, 15) is 9.59 Å². The van der Waals surface area contributed by atoms with Gasteiger partial charge in [-0.05, 0) is 24.8 Å². The van der Waals surface area contributed by atoms with Crippen molar-refractivity contribution in [1.29, 1.82) is 0 Å². The van der Waals surface area contributed by atoms with Gasteiger partial charge < -0.3 is 14.8 Å². The Morgan fingerprint density at radius 3 is 1.71 bits per heavy atom. The van der Waals surface area contributed by atoms with Gasteiger partial charge in [0.15, 0.2) is 12.4 Å². The van der Waals surface area contributed by atoms with Crippen LogP contribution in [0, 0.1) is 0 Å². The van der Waals surface area contributed by atoms with Crippen molar-refractivity contribution >= 4 is 12.1 Å². The molecule has 0 aromatic carbocycles. The summed E-state index contributed by atoms with van der Waals surface area (Å²) in [6.45, 7) is 7.91. The van der Waals surface area contributed by atoms with Crippen LogP contribution in [0.4, 0.5) is 4.79 Å². The molecule has 1 heterocycles. The number of unbranched alkanes of at least 4 members (excludes halogenated alkanes) is 18. The van der Waals surface area contributed by atoms with Crippen LogP contribution in [0.15, 0.2) is 42.7 Å². The fourth-order valence-corrected chi connectivity index (χ4v) is 4.88. The minimum atomic E-state index is -0.438. The third-order valence-electron chi connectivity index (χ3n) is 7.47. The lowest BCUT2D eigenvalue weighted by atomic mass is 10.0. The summed E-state index contributed by atoms with van der Waals surface area (Å²) in [7, 11) is 0. The van der Waals surface area contributed by atoms with Crippen molar-refractivity contribution in [3.63, 3.8) is 0 Å². The molecule has 1 rings (SSSR count). The highest BCUT2D eigenvalue weighted by Crippen LogP contribution is 2.13. The first-order valence-electron chi connectivity index (χ1n) is 16.8. The van der Waals surface area contributed by atoms with E-state index in [4.69, 9.17) is 9.47 Å². The summed E-state index contributed by atoms with van der Waals surface area (Å²) in [5.74, 6) is -0.225. The number of aryl methyl sites for hydroxylation is 1. The van der Waals surface area contributed by atoms with E-state index >= 15 is 0 Å². The molecule has 6 heteroatoms. The zero-order valence-electron chi connectivity index (χ0n) is 26.4. The van der Waals surface area contributed by atoms with Crippen LogP contribution in [0.3, 0.4) is 0 Å². The average molecular weight is 574 g/mol. The fourth-order valence-electron chi connectivity index (χ4n) is 4.88. The second-order valence-corrected chi connectivity index (χ2v) is 11.5. The van der Waals surface area contributed by atoms with Gasteiger partial charge in [-0.25, -0.2) is 9.36 Å². The van der Waals surface area contributed by atoms with Crippen molar-refractivity contribution in [2.75, 3.05) is 19.8 Å². The lowest BCUT2D eigenvalue weighted by Gasteiger charge is -2.10. The normalized spacial score (nSPS) is 10.9. The zero-order chi connectivity index (χ0) is 29.6. The Bertz CT molecular complexity index is 769. The standard InChI is InChI=1S/C35H60N2O4/c1-3-4-5-6-7-8-9-10-11-12-13-14-15-16-18-22-27-36-35(39)41-32-33(2)31-40-34(38)26-21-17-19-23-28-37-29-24-20-25-30-37/h20,24-25,29-30H,2-19,21-23,26-28,31-32H2,1H3/p+1. The van der Waals surface area contributed by atoms with Crippen LogP contribution in [-0.2, 0) is 20.8 Å². The predicted molar refractivity (Wildman–Crippen MR) is 169 cm³/mol. The lowest BCUT2D eigenvalue weighted by molar-refractivity contribution is -0.697. The van der Waals surface area contributed by atoms with Gasteiger partial charge in [0.05, 0.1) is 0 Å². The van der Waals surface area contributed by atoms with Gasteiger partial charge in [-0.1, -0.05) is 122 Å². The van der Waals surface area contributed by atoms with Crippen LogP contribution in [0.1, 0.15) is 142 Å².